The van der Waals surface area contributed by atoms with E-state index in [0.29, 0.717) is 19.4 Å². The van der Waals surface area contributed by atoms with Crippen LogP contribution in [0, 0.1) is 0 Å². The van der Waals surface area contributed by atoms with E-state index in [0.717, 1.165) is 64.2 Å². The quantitative estimate of drug-likeness (QED) is 0.0324. The smallest absolute Gasteiger partial charge is 0.305 e. The number of nitrogens with one attached hydrogen (secondary N) is 1. The van der Waals surface area contributed by atoms with Gasteiger partial charge >= 0.3 is 5.97 Å². The fourth-order valence-electron chi connectivity index (χ4n) is 7.39. The first-order valence-electron chi connectivity index (χ1n) is 24.6. The van der Waals surface area contributed by atoms with E-state index in [1.54, 1.807) is 6.08 Å². The average molecular weight is 790 g/mol. The maximum atomic E-state index is 12.4. The molecule has 0 bridgehead atoms. The summed E-state index contributed by atoms with van der Waals surface area (Å²) >= 11 is 0. The van der Waals surface area contributed by atoms with Gasteiger partial charge in [-0.15, -0.1) is 0 Å². The molecule has 0 aliphatic carbocycles. The van der Waals surface area contributed by atoms with E-state index >= 15 is 0 Å². The minimum Gasteiger partial charge on any atom is -0.466 e. The molecule has 3 N–H and O–H groups in total. The Hall–Kier alpha value is -1.66. The summed E-state index contributed by atoms with van der Waals surface area (Å²) in [6.45, 7) is 4.86. The van der Waals surface area contributed by atoms with Crippen molar-refractivity contribution >= 4 is 11.9 Å². The molecule has 2 unspecified atom stereocenters. The normalized spacial score (nSPS) is 12.9. The number of unbranched alkanes of at least 4 members (excludes halogenated alkanes) is 32. The van der Waals surface area contributed by atoms with Gasteiger partial charge in [-0.3, -0.25) is 9.59 Å². The zero-order valence-corrected chi connectivity index (χ0v) is 37.4. The topological polar surface area (TPSA) is 95.9 Å². The SMILES string of the molecule is CCCCCCCCCCCC/C=C/C(O)C(CO)NC(=O)CCCCCCC/C=C\CCCCCCCCCOC(=O)CCCCCCCCCCCCC. The van der Waals surface area contributed by atoms with Crippen molar-refractivity contribution < 1.29 is 24.5 Å². The molecule has 2 atom stereocenters. The lowest BCUT2D eigenvalue weighted by Crippen LogP contribution is -2.45. The van der Waals surface area contributed by atoms with Gasteiger partial charge in [0.2, 0.25) is 5.91 Å². The van der Waals surface area contributed by atoms with Crippen LogP contribution >= 0.6 is 0 Å². The van der Waals surface area contributed by atoms with Crippen LogP contribution in [0.3, 0.4) is 0 Å². The van der Waals surface area contributed by atoms with E-state index in [4.69, 9.17) is 4.74 Å². The molecule has 0 saturated heterocycles. The first-order valence-corrected chi connectivity index (χ1v) is 24.6. The first kappa shape index (κ1) is 54.3. The Labute approximate surface area is 348 Å². The molecule has 6 heteroatoms. The largest absolute Gasteiger partial charge is 0.466 e. The van der Waals surface area contributed by atoms with Crippen LogP contribution in [0.15, 0.2) is 24.3 Å². The molecule has 0 heterocycles. The van der Waals surface area contributed by atoms with Gasteiger partial charge in [0.25, 0.3) is 0 Å². The van der Waals surface area contributed by atoms with Gasteiger partial charge in [-0.05, 0) is 57.8 Å². The van der Waals surface area contributed by atoms with Gasteiger partial charge < -0.3 is 20.3 Å². The number of esters is 1. The van der Waals surface area contributed by atoms with E-state index in [-0.39, 0.29) is 18.5 Å². The van der Waals surface area contributed by atoms with Crippen LogP contribution in [-0.4, -0.2) is 47.4 Å². The molecule has 0 aliphatic rings. The molecule has 56 heavy (non-hydrogen) atoms. The molecule has 0 aromatic rings. The van der Waals surface area contributed by atoms with Crippen LogP contribution in [0.5, 0.6) is 0 Å². The zero-order valence-electron chi connectivity index (χ0n) is 37.4. The van der Waals surface area contributed by atoms with Crippen LogP contribution in [0.1, 0.15) is 258 Å². The summed E-state index contributed by atoms with van der Waals surface area (Å²) in [5.41, 5.74) is 0. The second kappa shape index (κ2) is 46.0. The summed E-state index contributed by atoms with van der Waals surface area (Å²) in [6, 6.07) is -0.638. The van der Waals surface area contributed by atoms with Crippen LogP contribution in [0.4, 0.5) is 0 Å². The van der Waals surface area contributed by atoms with Crippen molar-refractivity contribution in [2.45, 2.75) is 270 Å². The van der Waals surface area contributed by atoms with Crippen LogP contribution in [0.25, 0.3) is 0 Å². The number of rotatable bonds is 45. The summed E-state index contributed by atoms with van der Waals surface area (Å²) in [5.74, 6) is -0.0911. The number of carbonyl (C=O) groups is 2. The number of aliphatic hydroxyl groups is 2. The highest BCUT2D eigenvalue weighted by Crippen LogP contribution is 2.15. The summed E-state index contributed by atoms with van der Waals surface area (Å²) in [7, 11) is 0. The molecule has 0 spiro atoms. The molecule has 330 valence electrons. The Balaban J connectivity index is 3.50. The Morgan fingerprint density at radius 2 is 0.839 bits per heavy atom. The number of carbonyl (C=O) groups excluding carboxylic acids is 2. The molecular formula is C50H95NO5. The highest BCUT2D eigenvalue weighted by atomic mass is 16.5. The monoisotopic (exact) mass is 790 g/mol. The van der Waals surface area contributed by atoms with Crippen molar-refractivity contribution in [1.82, 2.24) is 5.32 Å². The average Bonchev–Trinajstić information content (AvgIpc) is 3.20. The third-order valence-corrected chi connectivity index (χ3v) is 11.2. The van der Waals surface area contributed by atoms with Gasteiger partial charge in [0.15, 0.2) is 0 Å². The van der Waals surface area contributed by atoms with E-state index < -0.39 is 12.1 Å². The van der Waals surface area contributed by atoms with Crippen molar-refractivity contribution in [3.05, 3.63) is 24.3 Å². The predicted molar refractivity (Wildman–Crippen MR) is 241 cm³/mol. The van der Waals surface area contributed by atoms with Crippen LogP contribution in [0.2, 0.25) is 0 Å². The van der Waals surface area contributed by atoms with Gasteiger partial charge in [-0.2, -0.15) is 0 Å². The van der Waals surface area contributed by atoms with Crippen LogP contribution in [-0.2, 0) is 14.3 Å². The third kappa shape index (κ3) is 42.0. The number of ether oxygens (including phenoxy) is 1. The number of hydrogen-bond acceptors (Lipinski definition) is 5. The number of aliphatic hydroxyl groups excluding tert-OH is 2. The van der Waals surface area contributed by atoms with E-state index in [9.17, 15) is 19.8 Å². The minimum absolute atomic E-state index is 0.00481. The Bertz CT molecular complexity index is 874. The van der Waals surface area contributed by atoms with Crippen molar-refractivity contribution in [1.29, 1.82) is 0 Å². The standard InChI is InChI=1S/C50H95NO5/c1-3-5-7-9-11-13-15-23-26-30-34-38-42-48(53)47(46-52)51-49(54)43-39-35-31-27-24-20-18-16-17-19-21-25-29-33-37-41-45-56-50(55)44-40-36-32-28-22-14-12-10-8-6-4-2/h16,18,38,42,47-48,52-53H,3-15,17,19-37,39-41,43-46H2,1-2H3,(H,51,54)/b18-16-,42-38+. The van der Waals surface area contributed by atoms with Gasteiger partial charge in [0, 0.05) is 12.8 Å². The highest BCUT2D eigenvalue weighted by molar-refractivity contribution is 5.76. The Morgan fingerprint density at radius 1 is 0.482 bits per heavy atom. The lowest BCUT2D eigenvalue weighted by Gasteiger charge is -2.20. The molecular weight excluding hydrogens is 695 g/mol. The van der Waals surface area contributed by atoms with Crippen molar-refractivity contribution in [3.8, 4) is 0 Å². The molecule has 1 amide bonds. The summed E-state index contributed by atoms with van der Waals surface area (Å²) in [5, 5.41) is 23.0. The number of hydrogen-bond donors (Lipinski definition) is 3. The maximum absolute atomic E-state index is 12.4. The fourth-order valence-corrected chi connectivity index (χ4v) is 7.39. The molecule has 0 aromatic carbocycles. The Morgan fingerprint density at radius 3 is 1.27 bits per heavy atom. The molecule has 0 aliphatic heterocycles. The second-order valence-corrected chi connectivity index (χ2v) is 16.8. The number of allylic oxidation sites excluding steroid dienone is 3. The van der Waals surface area contributed by atoms with Crippen molar-refractivity contribution in [2.24, 2.45) is 0 Å². The number of amides is 1. The maximum Gasteiger partial charge on any atom is 0.305 e. The van der Waals surface area contributed by atoms with Crippen molar-refractivity contribution in [2.75, 3.05) is 13.2 Å². The summed E-state index contributed by atoms with van der Waals surface area (Å²) in [6.07, 6.45) is 53.1. The molecule has 6 nitrogen and oxygen atoms in total. The summed E-state index contributed by atoms with van der Waals surface area (Å²) < 4.78 is 5.44. The third-order valence-electron chi connectivity index (χ3n) is 11.2. The van der Waals surface area contributed by atoms with Gasteiger partial charge in [0.05, 0.1) is 25.4 Å². The Kier molecular flexibility index (Phi) is 44.7. The first-order chi connectivity index (χ1) is 27.5. The summed E-state index contributed by atoms with van der Waals surface area (Å²) in [4.78, 5) is 24.3. The molecule has 0 aromatic heterocycles. The second-order valence-electron chi connectivity index (χ2n) is 16.8. The lowest BCUT2D eigenvalue weighted by atomic mass is 10.1. The zero-order chi connectivity index (χ0) is 40.8. The van der Waals surface area contributed by atoms with Gasteiger partial charge in [0.1, 0.15) is 0 Å². The van der Waals surface area contributed by atoms with Gasteiger partial charge in [-0.1, -0.05) is 212 Å². The molecule has 0 radical (unpaired) electrons. The van der Waals surface area contributed by atoms with E-state index in [1.807, 2.05) is 6.08 Å². The van der Waals surface area contributed by atoms with E-state index in [1.165, 1.54) is 167 Å². The van der Waals surface area contributed by atoms with Gasteiger partial charge in [-0.25, -0.2) is 0 Å². The fraction of sp³-hybridized carbons (Fsp3) is 0.880. The van der Waals surface area contributed by atoms with Crippen LogP contribution < -0.4 is 5.32 Å². The highest BCUT2D eigenvalue weighted by Gasteiger charge is 2.18. The lowest BCUT2D eigenvalue weighted by molar-refractivity contribution is -0.143. The molecule has 0 fully saturated rings. The molecule has 0 rings (SSSR count). The van der Waals surface area contributed by atoms with E-state index in [2.05, 4.69) is 31.3 Å². The van der Waals surface area contributed by atoms with Crippen molar-refractivity contribution in [3.63, 3.8) is 0 Å². The molecule has 0 saturated carbocycles. The minimum atomic E-state index is -0.853. The predicted octanol–water partition coefficient (Wildman–Crippen LogP) is 14.3.